The van der Waals surface area contributed by atoms with Gasteiger partial charge in [-0.15, -0.1) is 0 Å². The molecule has 0 saturated carbocycles. The Balaban J connectivity index is 1.45. The first-order chi connectivity index (χ1) is 20.3. The molecule has 1 saturated heterocycles. The lowest BCUT2D eigenvalue weighted by atomic mass is 9.97. The molecule has 0 radical (unpaired) electrons. The summed E-state index contributed by atoms with van der Waals surface area (Å²) in [5, 5.41) is 7.22. The number of benzene rings is 3. The Kier molecular flexibility index (Phi) is 8.56. The number of anilines is 2. The van der Waals surface area contributed by atoms with Crippen molar-refractivity contribution in [3.05, 3.63) is 107 Å². The largest absolute Gasteiger partial charge is 0.466 e. The van der Waals surface area contributed by atoms with Gasteiger partial charge in [-0.1, -0.05) is 6.07 Å². The van der Waals surface area contributed by atoms with E-state index in [1.807, 2.05) is 0 Å². The van der Waals surface area contributed by atoms with Crippen molar-refractivity contribution in [1.29, 1.82) is 0 Å². The number of aromatic nitrogens is 2. The third-order valence-corrected chi connectivity index (χ3v) is 6.76. The minimum Gasteiger partial charge on any atom is -0.466 e. The molecule has 3 aromatic carbocycles. The minimum absolute atomic E-state index is 0.0106. The molecule has 11 heteroatoms. The molecule has 1 atom stereocenters. The molecule has 9 nitrogen and oxygen atoms in total. The van der Waals surface area contributed by atoms with Crippen LogP contribution in [-0.4, -0.2) is 46.3 Å². The number of piperidine rings is 1. The summed E-state index contributed by atoms with van der Waals surface area (Å²) in [6, 6.07) is 17.1. The number of esters is 1. The van der Waals surface area contributed by atoms with Crippen LogP contribution in [-0.2, 0) is 9.53 Å². The summed E-state index contributed by atoms with van der Waals surface area (Å²) in [6.45, 7) is 2.80. The summed E-state index contributed by atoms with van der Waals surface area (Å²) in [5.74, 6) is -1.54. The summed E-state index contributed by atoms with van der Waals surface area (Å²) in [6.07, 6.45) is 2.65. The Labute approximate surface area is 240 Å². The fourth-order valence-corrected chi connectivity index (χ4v) is 4.70. The van der Waals surface area contributed by atoms with Gasteiger partial charge in [-0.2, -0.15) is 9.78 Å². The first kappa shape index (κ1) is 28.5. The molecule has 1 aliphatic heterocycles. The van der Waals surface area contributed by atoms with Gasteiger partial charge in [0.1, 0.15) is 17.4 Å². The van der Waals surface area contributed by atoms with Crippen LogP contribution in [0.3, 0.4) is 0 Å². The van der Waals surface area contributed by atoms with E-state index < -0.39 is 17.2 Å². The molecule has 1 aromatic heterocycles. The molecule has 1 amide bonds. The van der Waals surface area contributed by atoms with E-state index in [0.717, 1.165) is 4.68 Å². The van der Waals surface area contributed by atoms with Gasteiger partial charge in [-0.05, 0) is 86.5 Å². The minimum atomic E-state index is -0.605. The smallest absolute Gasteiger partial charge is 0.310 e. The molecule has 1 aliphatic rings. The Hall–Kier alpha value is -5.06. The number of likely N-dealkylation sites (tertiary alicyclic amines) is 1. The predicted molar refractivity (Wildman–Crippen MR) is 151 cm³/mol. The number of ether oxygens (including phenoxy) is 2. The van der Waals surface area contributed by atoms with Gasteiger partial charge in [0, 0.05) is 24.3 Å². The number of nitrogens with one attached hydrogen (secondary N) is 1. The lowest BCUT2D eigenvalue weighted by Crippen LogP contribution is -2.42. The van der Waals surface area contributed by atoms with Crippen molar-refractivity contribution in [2.24, 2.45) is 5.92 Å². The molecule has 42 heavy (non-hydrogen) atoms. The summed E-state index contributed by atoms with van der Waals surface area (Å²) in [5.41, 5.74) is 0.481. The highest BCUT2D eigenvalue weighted by Gasteiger charge is 2.30. The van der Waals surface area contributed by atoms with Crippen LogP contribution in [0.1, 0.15) is 30.1 Å². The highest BCUT2D eigenvalue weighted by Crippen LogP contribution is 2.30. The summed E-state index contributed by atoms with van der Waals surface area (Å²) in [7, 11) is 0. The topological polar surface area (TPSA) is 103 Å². The summed E-state index contributed by atoms with van der Waals surface area (Å²) >= 11 is 0. The van der Waals surface area contributed by atoms with Crippen LogP contribution in [0.15, 0.2) is 83.8 Å². The third kappa shape index (κ3) is 6.46. The molecule has 0 unspecified atom stereocenters. The molecule has 0 spiro atoms. The molecular formula is C31H28F2N4O5. The number of halogens is 2. The van der Waals surface area contributed by atoms with Crippen molar-refractivity contribution in [1.82, 2.24) is 14.7 Å². The van der Waals surface area contributed by atoms with Crippen LogP contribution in [0.25, 0.3) is 5.69 Å². The Morgan fingerprint density at radius 2 is 1.74 bits per heavy atom. The number of carbonyl (C=O) groups excluding carboxylic acids is 2. The second-order valence-corrected chi connectivity index (χ2v) is 9.68. The fraction of sp³-hybridized carbons (Fsp3) is 0.226. The van der Waals surface area contributed by atoms with E-state index in [0.29, 0.717) is 36.3 Å². The fourth-order valence-electron chi connectivity index (χ4n) is 4.70. The van der Waals surface area contributed by atoms with Crippen LogP contribution < -0.4 is 15.6 Å². The molecule has 4 aromatic rings. The zero-order valence-electron chi connectivity index (χ0n) is 22.8. The van der Waals surface area contributed by atoms with Gasteiger partial charge in [0.05, 0.1) is 24.4 Å². The number of hydrogen-bond acceptors (Lipinski definition) is 7. The first-order valence-electron chi connectivity index (χ1n) is 13.5. The van der Waals surface area contributed by atoms with Crippen molar-refractivity contribution >= 4 is 23.3 Å². The van der Waals surface area contributed by atoms with Gasteiger partial charge in [-0.3, -0.25) is 14.4 Å². The van der Waals surface area contributed by atoms with Crippen LogP contribution in [0, 0.1) is 17.6 Å². The van der Waals surface area contributed by atoms with E-state index in [1.165, 1.54) is 54.7 Å². The molecule has 5 rings (SSSR count). The van der Waals surface area contributed by atoms with Crippen molar-refractivity contribution in [2.45, 2.75) is 19.8 Å². The van der Waals surface area contributed by atoms with Crippen LogP contribution in [0.2, 0.25) is 0 Å². The van der Waals surface area contributed by atoms with Crippen LogP contribution >= 0.6 is 0 Å². The normalized spacial score (nSPS) is 14.7. The van der Waals surface area contributed by atoms with E-state index in [9.17, 15) is 23.2 Å². The molecule has 1 fully saturated rings. The number of carbonyl (C=O) groups is 2. The standard InChI is InChI=1S/C31H28F2N4O5/c1-2-41-31(40)21-6-4-16-36(19-21)29(38)20-5-3-7-24(17-20)35-28-27(42-26-14-10-23(33)11-15-26)18-34-37(30(28)39)25-12-8-22(32)9-13-25/h3,5,7-15,17-18,21,35H,2,4,6,16,19H2,1H3/t21-/m1/s1. The molecule has 216 valence electrons. The predicted octanol–water partition coefficient (Wildman–Crippen LogP) is 5.46. The van der Waals surface area contributed by atoms with Gasteiger partial charge in [0.15, 0.2) is 11.4 Å². The van der Waals surface area contributed by atoms with Gasteiger partial charge in [0.25, 0.3) is 11.5 Å². The summed E-state index contributed by atoms with van der Waals surface area (Å²) in [4.78, 5) is 40.9. The monoisotopic (exact) mass is 574 g/mol. The van der Waals surface area contributed by atoms with Crippen molar-refractivity contribution in [3.8, 4) is 17.2 Å². The second kappa shape index (κ2) is 12.6. The van der Waals surface area contributed by atoms with Gasteiger partial charge >= 0.3 is 5.97 Å². The zero-order valence-corrected chi connectivity index (χ0v) is 22.8. The van der Waals surface area contributed by atoms with E-state index in [1.54, 1.807) is 36.1 Å². The van der Waals surface area contributed by atoms with Crippen molar-refractivity contribution in [2.75, 3.05) is 25.0 Å². The lowest BCUT2D eigenvalue weighted by molar-refractivity contribution is -0.149. The molecular weight excluding hydrogens is 546 g/mol. The highest BCUT2D eigenvalue weighted by atomic mass is 19.1. The number of hydrogen-bond donors (Lipinski definition) is 1. The third-order valence-electron chi connectivity index (χ3n) is 6.76. The zero-order chi connectivity index (χ0) is 29.6. The average molecular weight is 575 g/mol. The van der Waals surface area contributed by atoms with Crippen molar-refractivity contribution < 1.29 is 27.8 Å². The van der Waals surface area contributed by atoms with Crippen molar-refractivity contribution in [3.63, 3.8) is 0 Å². The molecule has 1 N–H and O–H groups in total. The average Bonchev–Trinajstić information content (AvgIpc) is 3.00. The maximum absolute atomic E-state index is 13.6. The molecule has 2 heterocycles. The Morgan fingerprint density at radius 3 is 2.45 bits per heavy atom. The second-order valence-electron chi connectivity index (χ2n) is 9.68. The summed E-state index contributed by atoms with van der Waals surface area (Å²) < 4.78 is 39.1. The van der Waals surface area contributed by atoms with E-state index in [-0.39, 0.29) is 48.1 Å². The van der Waals surface area contributed by atoms with E-state index >= 15 is 0 Å². The highest BCUT2D eigenvalue weighted by molar-refractivity contribution is 5.95. The number of amides is 1. The lowest BCUT2D eigenvalue weighted by Gasteiger charge is -2.31. The number of rotatable bonds is 8. The quantitative estimate of drug-likeness (QED) is 0.279. The van der Waals surface area contributed by atoms with Gasteiger partial charge < -0.3 is 19.7 Å². The Bertz CT molecular complexity index is 1640. The Morgan fingerprint density at radius 1 is 1.02 bits per heavy atom. The van der Waals surface area contributed by atoms with Crippen LogP contribution in [0.4, 0.5) is 20.2 Å². The molecule has 0 aliphatic carbocycles. The van der Waals surface area contributed by atoms with E-state index in [4.69, 9.17) is 9.47 Å². The maximum Gasteiger partial charge on any atom is 0.310 e. The maximum atomic E-state index is 13.6. The molecule has 0 bridgehead atoms. The SMILES string of the molecule is CCOC(=O)[C@@H]1CCCN(C(=O)c2cccc(Nc3c(Oc4ccc(F)cc4)cnn(-c4ccc(F)cc4)c3=O)c2)C1. The first-order valence-corrected chi connectivity index (χ1v) is 13.5. The van der Waals surface area contributed by atoms with Gasteiger partial charge in [-0.25, -0.2) is 8.78 Å². The van der Waals surface area contributed by atoms with Crippen LogP contribution in [0.5, 0.6) is 11.5 Å². The van der Waals surface area contributed by atoms with E-state index in [2.05, 4.69) is 10.4 Å². The van der Waals surface area contributed by atoms with Gasteiger partial charge in [0.2, 0.25) is 0 Å². The number of nitrogens with zero attached hydrogens (tertiary/aromatic N) is 3.